The second-order valence-corrected chi connectivity index (χ2v) is 23.2. The lowest BCUT2D eigenvalue weighted by atomic mass is 9.72. The van der Waals surface area contributed by atoms with Gasteiger partial charge < -0.3 is 19.4 Å². The number of aromatic nitrogens is 2. The number of ether oxygens (including phenoxy) is 2. The third kappa shape index (κ3) is 11.6. The lowest BCUT2D eigenvalue weighted by Gasteiger charge is -2.39. The van der Waals surface area contributed by atoms with Gasteiger partial charge in [-0.15, -0.1) is 0 Å². The molecule has 1 aliphatic carbocycles. The zero-order valence-electron chi connectivity index (χ0n) is 37.6. The molecule has 0 spiro atoms. The predicted molar refractivity (Wildman–Crippen MR) is 259 cm³/mol. The van der Waals surface area contributed by atoms with Gasteiger partial charge in [-0.2, -0.15) is 0 Å². The second-order valence-electron chi connectivity index (χ2n) is 18.6. The molecule has 3 aromatic carbocycles. The molecular formula is C48H56ClN7O8S2. The number of aryl methyl sites for hydroxylation is 1. The van der Waals surface area contributed by atoms with E-state index in [0.717, 1.165) is 61.1 Å². The quantitative estimate of drug-likeness (QED) is 0.0798. The fourth-order valence-corrected chi connectivity index (χ4v) is 11.1. The highest BCUT2D eigenvalue weighted by Crippen LogP contribution is 2.43. The number of hydrogen-bond donors (Lipinski definition) is 2. The molecule has 2 aliphatic heterocycles. The number of allylic oxidation sites excluding steroid dienone is 1. The van der Waals surface area contributed by atoms with Gasteiger partial charge in [-0.25, -0.2) is 22.5 Å². The first-order valence-electron chi connectivity index (χ1n) is 22.2. The van der Waals surface area contributed by atoms with Crippen LogP contribution >= 0.6 is 11.6 Å². The van der Waals surface area contributed by atoms with Crippen molar-refractivity contribution in [2.75, 3.05) is 56.7 Å². The van der Waals surface area contributed by atoms with Crippen molar-refractivity contribution in [1.82, 2.24) is 19.6 Å². The lowest BCUT2D eigenvalue weighted by molar-refractivity contribution is -0.385. The van der Waals surface area contributed by atoms with Crippen LogP contribution in [0.4, 0.5) is 11.4 Å². The Morgan fingerprint density at radius 3 is 2.52 bits per heavy atom. The molecule has 350 valence electrons. The van der Waals surface area contributed by atoms with Gasteiger partial charge in [0.1, 0.15) is 17.1 Å². The van der Waals surface area contributed by atoms with Gasteiger partial charge in [-0.05, 0) is 104 Å². The first-order chi connectivity index (χ1) is 31.4. The number of pyridine rings is 1. The Kier molecular flexibility index (Phi) is 13.9. The number of carbonyl (C=O) groups excluding carboxylic acids is 1. The SMILES string of the molecule is CC1(C)CCC(CN2CCN(c3ccc(C(=O)NS(=O)(=O)c4ccc(CCC5CCC(N=S(C)(C)=O)CO5)c([N+](=O)[O-])c4)c(Oc4cnc5[nH]ccc5c4)c3)CC2)=C(c2ccc(Cl)cc2)C1. The summed E-state index contributed by atoms with van der Waals surface area (Å²) in [6.45, 7) is 8.90. The fourth-order valence-electron chi connectivity index (χ4n) is 9.09. The zero-order chi connectivity index (χ0) is 46.8. The van der Waals surface area contributed by atoms with Gasteiger partial charge in [0, 0.05) is 95.0 Å². The van der Waals surface area contributed by atoms with Crippen LogP contribution in [-0.2, 0) is 30.9 Å². The van der Waals surface area contributed by atoms with Crippen LogP contribution in [0.2, 0.25) is 5.02 Å². The number of piperazine rings is 1. The Hall–Kier alpha value is -5.33. The maximum absolute atomic E-state index is 14.0. The number of nitro benzene ring substituents is 1. The molecule has 15 nitrogen and oxygen atoms in total. The Balaban J connectivity index is 0.977. The van der Waals surface area contributed by atoms with Gasteiger partial charge in [-0.1, -0.05) is 49.2 Å². The molecule has 2 atom stereocenters. The summed E-state index contributed by atoms with van der Waals surface area (Å²) in [5.74, 6) is -0.509. The molecule has 0 radical (unpaired) electrons. The molecule has 2 unspecified atom stereocenters. The van der Waals surface area contributed by atoms with Gasteiger partial charge in [0.05, 0.1) is 40.3 Å². The van der Waals surface area contributed by atoms with Gasteiger partial charge in [-0.3, -0.25) is 24.0 Å². The van der Waals surface area contributed by atoms with Crippen LogP contribution in [0.25, 0.3) is 16.6 Å². The highest BCUT2D eigenvalue weighted by Gasteiger charge is 2.31. The van der Waals surface area contributed by atoms with E-state index in [-0.39, 0.29) is 41.0 Å². The molecule has 2 N–H and O–H groups in total. The van der Waals surface area contributed by atoms with E-state index in [1.165, 1.54) is 41.1 Å². The molecule has 4 heterocycles. The average Bonchev–Trinajstić information content (AvgIpc) is 3.75. The van der Waals surface area contributed by atoms with E-state index in [2.05, 4.69) is 54.8 Å². The number of anilines is 1. The third-order valence-electron chi connectivity index (χ3n) is 12.6. The number of fused-ring (bicyclic) bond motifs is 1. The number of halogens is 1. The third-order valence-corrected chi connectivity index (χ3v) is 15.0. The van der Waals surface area contributed by atoms with Crippen LogP contribution in [0.1, 0.15) is 73.9 Å². The normalized spacial score (nSPS) is 19.4. The second kappa shape index (κ2) is 19.5. The number of rotatable bonds is 14. The van der Waals surface area contributed by atoms with E-state index in [1.807, 2.05) is 18.2 Å². The number of nitrogens with zero attached hydrogens (tertiary/aromatic N) is 5. The molecule has 1 amide bonds. The Morgan fingerprint density at radius 1 is 1.03 bits per heavy atom. The number of carbonyl (C=O) groups is 1. The summed E-state index contributed by atoms with van der Waals surface area (Å²) in [6.07, 6.45) is 11.5. The minimum Gasteiger partial charge on any atom is -0.455 e. The standard InChI is InChI=1S/C48H56ClN7O8S2/c1-48(2)19-17-35(43(28-48)32-5-9-36(49)10-6-32)30-54-21-23-55(24-22-54)38-12-16-42(45(26-38)64-40-25-34-18-20-50-46(34)51-29-40)47(57)53-66(61,62)41-15-8-33(44(27-41)56(58)59)7-13-39-14-11-37(31-63-39)52-65(3,4)60/h5-6,8-10,12,15-16,18,20,25-27,29,37,39H,7,11,13-14,17,19,21-24,28,30-31H2,1-4H3,(H,50,51)(H,53,57). The van der Waals surface area contributed by atoms with E-state index in [9.17, 15) is 27.5 Å². The number of nitro groups is 1. The molecule has 18 heteroatoms. The Morgan fingerprint density at radius 2 is 1.80 bits per heavy atom. The minimum absolute atomic E-state index is 0.0501. The van der Waals surface area contributed by atoms with Gasteiger partial charge >= 0.3 is 0 Å². The largest absolute Gasteiger partial charge is 0.455 e. The fraction of sp³-hybridized carbons (Fsp3) is 0.417. The highest BCUT2D eigenvalue weighted by atomic mass is 35.5. The summed E-state index contributed by atoms with van der Waals surface area (Å²) in [5.41, 5.74) is 5.66. The highest BCUT2D eigenvalue weighted by molar-refractivity contribution is 7.92. The summed E-state index contributed by atoms with van der Waals surface area (Å²) in [7, 11) is -6.85. The van der Waals surface area contributed by atoms with Crippen LogP contribution < -0.4 is 14.4 Å². The first kappa shape index (κ1) is 47.2. The van der Waals surface area contributed by atoms with E-state index in [0.29, 0.717) is 55.9 Å². The number of H-pyrrole nitrogens is 1. The van der Waals surface area contributed by atoms with Gasteiger partial charge in [0.25, 0.3) is 21.6 Å². The van der Waals surface area contributed by atoms with E-state index in [4.69, 9.17) is 21.1 Å². The number of amides is 1. The van der Waals surface area contributed by atoms with Crippen LogP contribution in [0.15, 0.2) is 100 Å². The summed E-state index contributed by atoms with van der Waals surface area (Å²) in [4.78, 5) is 37.3. The zero-order valence-corrected chi connectivity index (χ0v) is 40.0. The Bertz CT molecular complexity index is 2890. The van der Waals surface area contributed by atoms with Crippen LogP contribution in [0, 0.1) is 15.5 Å². The average molecular weight is 959 g/mol. The smallest absolute Gasteiger partial charge is 0.273 e. The maximum Gasteiger partial charge on any atom is 0.273 e. The Labute approximate surface area is 391 Å². The van der Waals surface area contributed by atoms with Crippen molar-refractivity contribution in [1.29, 1.82) is 0 Å². The molecule has 3 aliphatic rings. The molecule has 2 aromatic heterocycles. The number of benzene rings is 3. The summed E-state index contributed by atoms with van der Waals surface area (Å²) in [5, 5.41) is 13.7. The monoisotopic (exact) mass is 957 g/mol. The van der Waals surface area contributed by atoms with Crippen LogP contribution in [-0.4, -0.2) is 102 Å². The number of aromatic amines is 1. The van der Waals surface area contributed by atoms with Gasteiger partial charge in [0.2, 0.25) is 0 Å². The first-order valence-corrected chi connectivity index (χ1v) is 26.4. The molecular weight excluding hydrogens is 902 g/mol. The van der Waals surface area contributed by atoms with E-state index in [1.54, 1.807) is 36.9 Å². The van der Waals surface area contributed by atoms with Crippen molar-refractivity contribution in [2.45, 2.75) is 75.8 Å². The van der Waals surface area contributed by atoms with Gasteiger partial charge in [0.15, 0.2) is 0 Å². The molecule has 8 rings (SSSR count). The summed E-state index contributed by atoms with van der Waals surface area (Å²) < 4.78 is 58.4. The maximum atomic E-state index is 14.0. The summed E-state index contributed by atoms with van der Waals surface area (Å²) >= 11 is 6.25. The lowest BCUT2D eigenvalue weighted by Crippen LogP contribution is -2.47. The molecule has 66 heavy (non-hydrogen) atoms. The molecule has 0 bridgehead atoms. The van der Waals surface area contributed by atoms with E-state index >= 15 is 0 Å². The summed E-state index contributed by atoms with van der Waals surface area (Å²) in [6, 6.07) is 20.3. The van der Waals surface area contributed by atoms with Crippen molar-refractivity contribution < 1.29 is 31.8 Å². The molecule has 2 saturated heterocycles. The number of sulfonamides is 1. The van der Waals surface area contributed by atoms with Crippen molar-refractivity contribution in [2.24, 2.45) is 9.78 Å². The molecule has 5 aromatic rings. The number of nitrogens with one attached hydrogen (secondary N) is 2. The number of hydrogen-bond acceptors (Lipinski definition) is 12. The van der Waals surface area contributed by atoms with Crippen molar-refractivity contribution in [3.63, 3.8) is 0 Å². The molecule has 2 fully saturated rings. The van der Waals surface area contributed by atoms with Crippen molar-refractivity contribution in [3.05, 3.63) is 123 Å². The van der Waals surface area contributed by atoms with E-state index < -0.39 is 35.5 Å². The minimum atomic E-state index is -4.59. The van der Waals surface area contributed by atoms with Crippen LogP contribution in [0.5, 0.6) is 11.5 Å². The topological polar surface area (TPSA) is 189 Å². The van der Waals surface area contributed by atoms with Crippen molar-refractivity contribution >= 4 is 65.2 Å². The van der Waals surface area contributed by atoms with Crippen molar-refractivity contribution in [3.8, 4) is 11.5 Å². The molecule has 0 saturated carbocycles. The van der Waals surface area contributed by atoms with Crippen LogP contribution in [0.3, 0.4) is 0 Å². The predicted octanol–water partition coefficient (Wildman–Crippen LogP) is 9.03.